The van der Waals surface area contributed by atoms with E-state index in [1.165, 1.54) is 24.3 Å². The summed E-state index contributed by atoms with van der Waals surface area (Å²) in [5, 5.41) is 20.6. The van der Waals surface area contributed by atoms with Gasteiger partial charge in [-0.05, 0) is 6.08 Å². The Morgan fingerprint density at radius 3 is 1.79 bits per heavy atom. The van der Waals surface area contributed by atoms with Crippen LogP contribution in [0.3, 0.4) is 0 Å². The monoisotopic (exact) mass is 460 g/mol. The van der Waals surface area contributed by atoms with E-state index in [0.717, 1.165) is 0 Å². The second kappa shape index (κ2) is 8.45. The van der Waals surface area contributed by atoms with Gasteiger partial charge in [-0.25, -0.2) is 0 Å². The molecule has 0 aliphatic heterocycles. The van der Waals surface area contributed by atoms with E-state index in [2.05, 4.69) is 9.47 Å². The van der Waals surface area contributed by atoms with Crippen molar-refractivity contribution >= 4 is 26.0 Å². The Labute approximate surface area is 189 Å². The zero-order valence-corrected chi connectivity index (χ0v) is 19.1. The van der Waals surface area contributed by atoms with E-state index in [4.69, 9.17) is 0 Å². The average Bonchev–Trinajstić information content (AvgIpc) is 2.62. The van der Waals surface area contributed by atoms with Crippen molar-refractivity contribution in [1.82, 2.24) is 0 Å². The summed E-state index contributed by atoms with van der Waals surface area (Å²) in [6.07, 6.45) is 0.0506. The Hall–Kier alpha value is -1.29. The molecular weight excluding hydrogens is 443 g/mol. The van der Waals surface area contributed by atoms with Crippen molar-refractivity contribution in [2.24, 2.45) is 0 Å². The van der Waals surface area contributed by atoms with Crippen LogP contribution in [0.15, 0.2) is 53.5 Å². The van der Waals surface area contributed by atoms with Crippen LogP contribution < -0.4 is 29.6 Å². The van der Waals surface area contributed by atoms with Crippen LogP contribution in [-0.2, 0) is 29.7 Å². The van der Waals surface area contributed by atoms with Crippen LogP contribution in [0.5, 0.6) is 0 Å². The predicted molar refractivity (Wildman–Crippen MR) is 94.8 cm³/mol. The van der Waals surface area contributed by atoms with Crippen molar-refractivity contribution in [1.29, 1.82) is 0 Å². The van der Waals surface area contributed by atoms with Crippen molar-refractivity contribution < 1.29 is 81.4 Å². The molecule has 0 aromatic heterocycles. The molecule has 0 saturated heterocycles. The minimum atomic E-state index is -5.90. The molecule has 0 saturated carbocycles. The number of allylic oxidation sites excluding steroid dienone is 1. The van der Waals surface area contributed by atoms with Gasteiger partial charge < -0.3 is 21.1 Å². The van der Waals surface area contributed by atoms with Gasteiger partial charge in [0.1, 0.15) is 0 Å². The summed E-state index contributed by atoms with van der Waals surface area (Å²) in [6, 6.07) is 6.89. The number of rotatable bonds is 6. The summed E-state index contributed by atoms with van der Waals surface area (Å²) in [6.45, 7) is 0. The molecule has 0 radical (unpaired) electrons. The van der Waals surface area contributed by atoms with Gasteiger partial charge in [-0.15, -0.1) is 0 Å². The topological polar surface area (TPSA) is 185 Å². The Morgan fingerprint density at radius 2 is 1.41 bits per heavy atom. The number of hydrogen-bond donors (Lipinski definition) is 4. The van der Waals surface area contributed by atoms with Crippen LogP contribution in [0.25, 0.3) is 0 Å². The Kier molecular flexibility index (Phi) is 7.50. The van der Waals surface area contributed by atoms with Gasteiger partial charge in [0.05, 0.1) is 5.57 Å². The number of ketones is 1. The van der Waals surface area contributed by atoms with Crippen LogP contribution in [0.4, 0.5) is 0 Å². The molecule has 2 rings (SSSR count). The smallest absolute Gasteiger partial charge is 1.00 e. The molecule has 0 fully saturated rings. The maximum atomic E-state index is 12.7. The summed E-state index contributed by atoms with van der Waals surface area (Å²) in [5.74, 6) is -7.31. The summed E-state index contributed by atoms with van der Waals surface area (Å²) >= 11 is 0. The zero-order valence-electron chi connectivity index (χ0n) is 16.4. The molecule has 0 amide bonds. The van der Waals surface area contributed by atoms with E-state index in [0.29, 0.717) is 14.2 Å². The number of ether oxygens (including phenoxy) is 2. The van der Waals surface area contributed by atoms with Crippen LogP contribution in [0.2, 0.25) is 0 Å². The molecule has 0 unspecified atom stereocenters. The van der Waals surface area contributed by atoms with E-state index in [-0.39, 0.29) is 42.6 Å². The fourth-order valence-electron chi connectivity index (χ4n) is 2.90. The van der Waals surface area contributed by atoms with Crippen LogP contribution >= 0.6 is 0 Å². The molecule has 1 aliphatic carbocycles. The van der Waals surface area contributed by atoms with Crippen molar-refractivity contribution in [2.45, 2.75) is 9.87 Å². The van der Waals surface area contributed by atoms with Gasteiger partial charge in [0.2, 0.25) is 0 Å². The molecule has 0 atom stereocenters. The minimum Gasteiger partial charge on any atom is -1.00 e. The fourth-order valence-corrected chi connectivity index (χ4v) is 5.71. The number of methoxy groups -OCH3 is 2. The molecule has 0 heterocycles. The first-order valence-corrected chi connectivity index (χ1v) is 10.2. The number of aliphatic hydroxyl groups excluding tert-OH is 2. The van der Waals surface area contributed by atoms with Crippen molar-refractivity contribution in [3.63, 3.8) is 0 Å². The molecule has 29 heavy (non-hydrogen) atoms. The number of aliphatic hydroxyl groups is 2. The molecule has 156 valence electrons. The second-order valence-electron chi connectivity index (χ2n) is 5.59. The number of hydrogen-bond acceptors (Lipinski definition) is 9. The molecule has 1 aromatic rings. The van der Waals surface area contributed by atoms with Gasteiger partial charge >= 0.3 is 33.6 Å². The van der Waals surface area contributed by atoms with E-state index in [1.54, 1.807) is 6.07 Å². The van der Waals surface area contributed by atoms with Gasteiger partial charge in [0, 0.05) is 19.8 Å². The third-order valence-corrected chi connectivity index (χ3v) is 7.78. The molecule has 1 aliphatic rings. The summed E-state index contributed by atoms with van der Waals surface area (Å²) < 4.78 is 73.4. The first-order valence-electron chi connectivity index (χ1n) is 7.30. The maximum absolute atomic E-state index is 12.7. The molecular formula is C15H17NaO11S2. The predicted octanol–water partition coefficient (Wildman–Crippen LogP) is -2.29. The Balaban J connectivity index is 0.00000420. The molecule has 11 nitrogen and oxygen atoms in total. The van der Waals surface area contributed by atoms with Gasteiger partial charge in [-0.3, -0.25) is 13.9 Å². The van der Waals surface area contributed by atoms with Crippen LogP contribution in [-0.4, -0.2) is 66.0 Å². The third-order valence-electron chi connectivity index (χ3n) is 4.21. The number of carbonyl (C=O) groups excluding carboxylic acids is 1. The first-order chi connectivity index (χ1) is 12.8. The van der Waals surface area contributed by atoms with E-state index in [1.807, 2.05) is 0 Å². The fraction of sp³-hybridized carbons (Fsp3) is 0.267. The van der Waals surface area contributed by atoms with E-state index >= 15 is 0 Å². The van der Waals surface area contributed by atoms with Gasteiger partial charge in [-0.1, -0.05) is 30.3 Å². The SMILES string of the molecule is COC1(OC)C(O)=C(O)C(C(=O)c2ccccc2)=CC1(S(=O)(=O)O)S(=O)(=O)O.[H-].[Na+]. The van der Waals surface area contributed by atoms with Crippen LogP contribution in [0.1, 0.15) is 11.8 Å². The maximum Gasteiger partial charge on any atom is 1.00 e. The Bertz CT molecular complexity index is 1040. The number of carbonyl (C=O) groups is 1. The van der Waals surface area contributed by atoms with Crippen molar-refractivity contribution in [3.8, 4) is 0 Å². The Morgan fingerprint density at radius 1 is 0.966 bits per heavy atom. The standard InChI is InChI=1S/C15H16O11S2.Na.H/c1-25-15(26-2)13(18)12(17)10(11(16)9-6-4-3-5-7-9)8-14(15,27(19,20)21)28(22,23)24;;/h3-8,17-18H,1-2H3,(H,19,20,21)(H,22,23,24);;/q;+1;-1. The minimum absolute atomic E-state index is 0. The average molecular weight is 460 g/mol. The molecule has 14 heteroatoms. The summed E-state index contributed by atoms with van der Waals surface area (Å²) in [7, 11) is -10.5. The summed E-state index contributed by atoms with van der Waals surface area (Å²) in [5.41, 5.74) is -1.17. The number of benzene rings is 1. The van der Waals surface area contributed by atoms with Crippen molar-refractivity contribution in [3.05, 3.63) is 59.1 Å². The summed E-state index contributed by atoms with van der Waals surface area (Å²) in [4.78, 5) is 12.7. The molecule has 0 spiro atoms. The largest absolute Gasteiger partial charge is 1.00 e. The third kappa shape index (κ3) is 3.66. The van der Waals surface area contributed by atoms with Crippen LogP contribution in [0, 0.1) is 0 Å². The molecule has 4 N–H and O–H groups in total. The van der Waals surface area contributed by atoms with Crippen molar-refractivity contribution in [2.75, 3.05) is 14.2 Å². The quantitative estimate of drug-likeness (QED) is 0.155. The molecule has 0 bridgehead atoms. The first kappa shape index (κ1) is 25.7. The van der Waals surface area contributed by atoms with Gasteiger partial charge in [0.25, 0.3) is 26.0 Å². The number of Topliss-reactive ketones (excluding diaryl/α,β-unsaturated/α-hetero) is 1. The molecule has 1 aromatic carbocycles. The van der Waals surface area contributed by atoms with Gasteiger partial charge in [-0.2, -0.15) is 16.8 Å². The second-order valence-corrected chi connectivity index (χ2v) is 9.04. The normalized spacial score (nSPS) is 18.6. The van der Waals surface area contributed by atoms with E-state index in [9.17, 15) is 40.9 Å². The zero-order chi connectivity index (χ0) is 21.5. The van der Waals surface area contributed by atoms with E-state index < -0.39 is 53.0 Å². The van der Waals surface area contributed by atoms with Gasteiger partial charge in [0.15, 0.2) is 17.3 Å².